The summed E-state index contributed by atoms with van der Waals surface area (Å²) in [5.41, 5.74) is 2.67. The van der Waals surface area contributed by atoms with Crippen molar-refractivity contribution in [3.8, 4) is 11.5 Å². The van der Waals surface area contributed by atoms with Crippen LogP contribution in [0, 0.1) is 11.8 Å². The maximum atomic E-state index is 13.5. The minimum absolute atomic E-state index is 0.0935. The third kappa shape index (κ3) is 2.41. The quantitative estimate of drug-likeness (QED) is 0.801. The molecule has 1 aromatic carbocycles. The first-order valence-corrected chi connectivity index (χ1v) is 10.7. The number of rotatable bonds is 4. The van der Waals surface area contributed by atoms with E-state index in [1.54, 1.807) is 14.2 Å². The predicted octanol–water partition coefficient (Wildman–Crippen LogP) is 3.27. The molecule has 0 spiro atoms. The molecule has 4 unspecified atom stereocenters. The third-order valence-corrected chi connectivity index (χ3v) is 7.66. The van der Waals surface area contributed by atoms with E-state index in [2.05, 4.69) is 22.9 Å². The van der Waals surface area contributed by atoms with Crippen LogP contribution in [0.25, 0.3) is 10.9 Å². The van der Waals surface area contributed by atoms with Gasteiger partial charge in [0.05, 0.1) is 21.3 Å². The summed E-state index contributed by atoms with van der Waals surface area (Å²) in [6.45, 7) is 4.33. The lowest BCUT2D eigenvalue weighted by molar-refractivity contribution is -0.162. The number of piperidine rings is 2. The van der Waals surface area contributed by atoms with Gasteiger partial charge in [-0.1, -0.05) is 13.3 Å². The van der Waals surface area contributed by atoms with Gasteiger partial charge in [0.25, 0.3) is 0 Å². The first-order chi connectivity index (χ1) is 14.1. The van der Waals surface area contributed by atoms with E-state index in [1.807, 2.05) is 6.07 Å². The van der Waals surface area contributed by atoms with Crippen LogP contribution in [0.15, 0.2) is 12.1 Å². The number of esters is 1. The Morgan fingerprint density at radius 3 is 2.69 bits per heavy atom. The first-order valence-electron chi connectivity index (χ1n) is 10.7. The molecule has 4 heterocycles. The number of benzene rings is 1. The van der Waals surface area contributed by atoms with Crippen LogP contribution in [0.5, 0.6) is 11.5 Å². The number of carbonyl (C=O) groups excluding carboxylic acids is 1. The Labute approximate surface area is 171 Å². The van der Waals surface area contributed by atoms with Crippen LogP contribution < -0.4 is 9.47 Å². The first kappa shape index (κ1) is 18.8. The monoisotopic (exact) mass is 398 g/mol. The van der Waals surface area contributed by atoms with E-state index in [0.717, 1.165) is 54.7 Å². The van der Waals surface area contributed by atoms with Gasteiger partial charge in [0.15, 0.2) is 11.5 Å². The SMILES string of the molecule is CCC1C[C@@H]2CN3CCc4c([nH]c5cc(OC)c(OC)cc45)C(C(=O)OC)(C2)C13. The lowest BCUT2D eigenvalue weighted by atomic mass is 9.56. The van der Waals surface area contributed by atoms with Gasteiger partial charge in [-0.3, -0.25) is 9.69 Å². The van der Waals surface area contributed by atoms with Gasteiger partial charge < -0.3 is 19.2 Å². The maximum absolute atomic E-state index is 13.5. The van der Waals surface area contributed by atoms with Crippen LogP contribution >= 0.6 is 0 Å². The number of fused-ring (bicyclic) bond motifs is 4. The summed E-state index contributed by atoms with van der Waals surface area (Å²) in [6, 6.07) is 4.24. The van der Waals surface area contributed by atoms with Crippen LogP contribution in [0.4, 0.5) is 0 Å². The highest BCUT2D eigenvalue weighted by Gasteiger charge is 2.62. The summed E-state index contributed by atoms with van der Waals surface area (Å²) in [5, 5.41) is 1.12. The maximum Gasteiger partial charge on any atom is 0.319 e. The average Bonchev–Trinajstić information content (AvgIpc) is 3.08. The predicted molar refractivity (Wildman–Crippen MR) is 111 cm³/mol. The largest absolute Gasteiger partial charge is 0.493 e. The number of hydrogen-bond donors (Lipinski definition) is 1. The molecule has 6 heteroatoms. The van der Waals surface area contributed by atoms with Gasteiger partial charge in [-0.2, -0.15) is 0 Å². The molecular formula is C23H30N2O4. The zero-order chi connectivity index (χ0) is 20.3. The minimum atomic E-state index is -0.623. The lowest BCUT2D eigenvalue weighted by Crippen LogP contribution is -2.67. The smallest absolute Gasteiger partial charge is 0.319 e. The van der Waals surface area contributed by atoms with Crippen LogP contribution in [0.3, 0.4) is 0 Å². The number of H-pyrrole nitrogens is 1. The van der Waals surface area contributed by atoms with E-state index in [-0.39, 0.29) is 12.0 Å². The van der Waals surface area contributed by atoms with Crippen LogP contribution in [-0.2, 0) is 21.4 Å². The summed E-state index contributed by atoms with van der Waals surface area (Å²) in [5.74, 6) is 2.37. The molecule has 3 fully saturated rings. The van der Waals surface area contributed by atoms with Gasteiger partial charge in [0.2, 0.25) is 0 Å². The molecule has 3 aliphatic heterocycles. The topological polar surface area (TPSA) is 63.8 Å². The summed E-state index contributed by atoms with van der Waals surface area (Å²) in [7, 11) is 4.84. The van der Waals surface area contributed by atoms with Crippen molar-refractivity contribution in [2.24, 2.45) is 11.8 Å². The lowest BCUT2D eigenvalue weighted by Gasteiger charge is -2.57. The number of aromatic nitrogens is 1. The number of nitrogens with zero attached hydrogens (tertiary/aromatic N) is 1. The number of nitrogens with one attached hydrogen (secondary N) is 1. The molecule has 2 saturated heterocycles. The third-order valence-electron chi connectivity index (χ3n) is 7.66. The molecule has 6 nitrogen and oxygen atoms in total. The fourth-order valence-corrected chi connectivity index (χ4v) is 6.64. The molecule has 0 amide bonds. The molecule has 1 aliphatic carbocycles. The molecule has 2 aromatic rings. The number of hydrogen-bond acceptors (Lipinski definition) is 5. The zero-order valence-corrected chi connectivity index (χ0v) is 17.7. The van der Waals surface area contributed by atoms with E-state index < -0.39 is 5.41 Å². The summed E-state index contributed by atoms with van der Waals surface area (Å²) in [4.78, 5) is 19.7. The molecule has 1 saturated carbocycles. The Bertz CT molecular complexity index is 967. The van der Waals surface area contributed by atoms with Gasteiger partial charge >= 0.3 is 5.97 Å². The Kier molecular flexibility index (Phi) is 4.32. The van der Waals surface area contributed by atoms with Crippen molar-refractivity contribution in [3.63, 3.8) is 0 Å². The van der Waals surface area contributed by atoms with E-state index in [0.29, 0.717) is 17.6 Å². The highest BCUT2D eigenvalue weighted by atomic mass is 16.5. The van der Waals surface area contributed by atoms with Gasteiger partial charge in [0.1, 0.15) is 5.41 Å². The van der Waals surface area contributed by atoms with Crippen molar-refractivity contribution in [2.45, 2.75) is 44.1 Å². The van der Waals surface area contributed by atoms with Crippen molar-refractivity contribution in [3.05, 3.63) is 23.4 Å². The summed E-state index contributed by atoms with van der Waals surface area (Å²) < 4.78 is 16.5. The van der Waals surface area contributed by atoms with E-state index >= 15 is 0 Å². The molecule has 6 rings (SSSR count). The Morgan fingerprint density at radius 2 is 2.00 bits per heavy atom. The van der Waals surface area contributed by atoms with Gasteiger partial charge in [0, 0.05) is 41.8 Å². The normalized spacial score (nSPS) is 32.6. The molecule has 4 aliphatic rings. The minimum Gasteiger partial charge on any atom is -0.493 e. The highest BCUT2D eigenvalue weighted by Crippen LogP contribution is 2.55. The number of methoxy groups -OCH3 is 3. The number of aromatic amines is 1. The molecule has 29 heavy (non-hydrogen) atoms. The van der Waals surface area contributed by atoms with Crippen LogP contribution in [0.2, 0.25) is 0 Å². The molecule has 1 N–H and O–H groups in total. The standard InChI is InChI=1S/C23H30N2O4/c1-5-14-8-13-11-23(22(26)29-4)20-15(6-7-25(12-13)21(14)23)16-9-18(27-2)19(28-3)10-17(16)24-20/h9-10,13-14,21,24H,5-8,11-12H2,1-4H3/t13-,14?,21?,23?/m0/s1. The number of carbonyl (C=O) groups is 1. The van der Waals surface area contributed by atoms with Crippen molar-refractivity contribution in [1.82, 2.24) is 9.88 Å². The van der Waals surface area contributed by atoms with Crippen molar-refractivity contribution < 1.29 is 19.0 Å². The molecule has 156 valence electrons. The Hall–Kier alpha value is -2.21. The van der Waals surface area contributed by atoms with Crippen molar-refractivity contribution in [1.29, 1.82) is 0 Å². The van der Waals surface area contributed by atoms with E-state index in [9.17, 15) is 4.79 Å². The number of ether oxygens (including phenoxy) is 3. The second kappa shape index (κ2) is 6.66. The summed E-state index contributed by atoms with van der Waals surface area (Å²) >= 11 is 0. The van der Waals surface area contributed by atoms with Gasteiger partial charge in [-0.15, -0.1) is 0 Å². The molecule has 1 aromatic heterocycles. The molecule has 0 radical (unpaired) electrons. The zero-order valence-electron chi connectivity index (χ0n) is 17.7. The second-order valence-electron chi connectivity index (χ2n) is 8.86. The van der Waals surface area contributed by atoms with Crippen LogP contribution in [-0.4, -0.2) is 56.3 Å². The molecular weight excluding hydrogens is 368 g/mol. The molecule has 4 bridgehead atoms. The Morgan fingerprint density at radius 1 is 1.24 bits per heavy atom. The van der Waals surface area contributed by atoms with Crippen molar-refractivity contribution in [2.75, 3.05) is 34.4 Å². The van der Waals surface area contributed by atoms with Gasteiger partial charge in [-0.25, -0.2) is 0 Å². The highest BCUT2D eigenvalue weighted by molar-refractivity contribution is 5.93. The fourth-order valence-electron chi connectivity index (χ4n) is 6.64. The van der Waals surface area contributed by atoms with Gasteiger partial charge in [-0.05, 0) is 42.7 Å². The summed E-state index contributed by atoms with van der Waals surface area (Å²) in [6.07, 6.45) is 4.09. The van der Waals surface area contributed by atoms with E-state index in [1.165, 1.54) is 19.1 Å². The fraction of sp³-hybridized carbons (Fsp3) is 0.609. The molecule has 5 atom stereocenters. The van der Waals surface area contributed by atoms with E-state index in [4.69, 9.17) is 14.2 Å². The second-order valence-corrected chi connectivity index (χ2v) is 8.86. The van der Waals surface area contributed by atoms with Crippen molar-refractivity contribution >= 4 is 16.9 Å². The Balaban J connectivity index is 1.79. The average molecular weight is 399 g/mol. The van der Waals surface area contributed by atoms with Crippen LogP contribution in [0.1, 0.15) is 37.4 Å².